The van der Waals surface area contributed by atoms with E-state index >= 15 is 0 Å². The molecule has 0 spiro atoms. The van der Waals surface area contributed by atoms with Gasteiger partial charge in [-0.3, -0.25) is 10.2 Å². The molecule has 4 rings (SSSR count). The standard InChI is InChI=1S/C20H19N7O5S/c21-33(30,31)15-4-1-13(2-5-15)25-26-18-16-11-14(3-6-17(16)24-19(18)28)32-20(29)23-8-10-27-9-7-22-12-27/h1-7,9,11-12,25H,8,10H2,(H,23,29)(H2,21,30,31)(H,24,26,28). The van der Waals surface area contributed by atoms with Crippen molar-refractivity contribution >= 4 is 39.1 Å². The first-order valence-electron chi connectivity index (χ1n) is 9.63. The Balaban J connectivity index is 1.42. The highest BCUT2D eigenvalue weighted by atomic mass is 32.2. The fourth-order valence-electron chi connectivity index (χ4n) is 3.00. The molecule has 5 N–H and O–H groups in total. The van der Waals surface area contributed by atoms with Gasteiger partial charge in [0.15, 0.2) is 5.71 Å². The van der Waals surface area contributed by atoms with Gasteiger partial charge in [-0.05, 0) is 42.5 Å². The molecule has 0 unspecified atom stereocenters. The monoisotopic (exact) mass is 469 g/mol. The minimum absolute atomic E-state index is 0.0465. The van der Waals surface area contributed by atoms with Crippen molar-refractivity contribution in [3.63, 3.8) is 0 Å². The van der Waals surface area contributed by atoms with Crippen molar-refractivity contribution in [3.05, 3.63) is 66.7 Å². The van der Waals surface area contributed by atoms with Crippen LogP contribution in [0.2, 0.25) is 0 Å². The third-order valence-electron chi connectivity index (χ3n) is 4.60. The van der Waals surface area contributed by atoms with Crippen LogP contribution < -0.4 is 25.9 Å². The van der Waals surface area contributed by atoms with Crippen LogP contribution in [0.4, 0.5) is 16.2 Å². The molecular weight excluding hydrogens is 450 g/mol. The third kappa shape index (κ3) is 5.34. The number of hydrazone groups is 1. The maximum absolute atomic E-state index is 12.3. The molecule has 0 saturated heterocycles. The van der Waals surface area contributed by atoms with Crippen molar-refractivity contribution in [2.45, 2.75) is 11.4 Å². The van der Waals surface area contributed by atoms with Gasteiger partial charge < -0.3 is 19.9 Å². The van der Waals surface area contributed by atoms with E-state index in [-0.39, 0.29) is 16.4 Å². The molecule has 2 aromatic carbocycles. The maximum atomic E-state index is 12.3. The Kier molecular flexibility index (Phi) is 6.06. The summed E-state index contributed by atoms with van der Waals surface area (Å²) >= 11 is 0. The summed E-state index contributed by atoms with van der Waals surface area (Å²) < 4.78 is 29.8. The average Bonchev–Trinajstić information content (AvgIpc) is 3.39. The molecule has 33 heavy (non-hydrogen) atoms. The lowest BCUT2D eigenvalue weighted by Gasteiger charge is -2.08. The van der Waals surface area contributed by atoms with Crippen molar-refractivity contribution in [2.75, 3.05) is 17.3 Å². The molecule has 12 nitrogen and oxygen atoms in total. The van der Waals surface area contributed by atoms with E-state index in [2.05, 4.69) is 26.1 Å². The minimum Gasteiger partial charge on any atom is -0.410 e. The van der Waals surface area contributed by atoms with Gasteiger partial charge in [-0.15, -0.1) is 0 Å². The smallest absolute Gasteiger partial charge is 0.410 e. The zero-order valence-corrected chi connectivity index (χ0v) is 17.9. The number of benzene rings is 2. The van der Waals surface area contributed by atoms with E-state index in [1.54, 1.807) is 30.9 Å². The normalized spacial score (nSPS) is 14.0. The molecule has 1 aromatic heterocycles. The molecule has 0 fully saturated rings. The summed E-state index contributed by atoms with van der Waals surface area (Å²) in [6, 6.07) is 10.2. The highest BCUT2D eigenvalue weighted by Crippen LogP contribution is 2.28. The topological polar surface area (TPSA) is 170 Å². The van der Waals surface area contributed by atoms with Crippen molar-refractivity contribution in [3.8, 4) is 5.75 Å². The van der Waals surface area contributed by atoms with Crippen LogP contribution in [0.1, 0.15) is 5.56 Å². The first-order chi connectivity index (χ1) is 15.8. The Labute approximate surface area is 188 Å². The molecule has 0 saturated carbocycles. The lowest BCUT2D eigenvalue weighted by atomic mass is 10.1. The Bertz CT molecular complexity index is 1320. The first kappa shape index (κ1) is 22.0. The Morgan fingerprint density at radius 1 is 1.21 bits per heavy atom. The number of aromatic nitrogens is 2. The number of nitrogens with two attached hydrogens (primary N) is 1. The zero-order chi connectivity index (χ0) is 23.4. The van der Waals surface area contributed by atoms with Crippen LogP contribution in [0.15, 0.2) is 71.2 Å². The quantitative estimate of drug-likeness (QED) is 0.375. The molecule has 3 aromatic rings. The number of amides is 2. The second-order valence-electron chi connectivity index (χ2n) is 6.92. The van der Waals surface area contributed by atoms with E-state index in [0.29, 0.717) is 30.0 Å². The molecular formula is C20H19N7O5S. The average molecular weight is 469 g/mol. The number of imidazole rings is 1. The number of rotatable bonds is 7. The summed E-state index contributed by atoms with van der Waals surface area (Å²) in [7, 11) is -3.81. The third-order valence-corrected chi connectivity index (χ3v) is 5.53. The maximum Gasteiger partial charge on any atom is 0.412 e. The lowest BCUT2D eigenvalue weighted by Crippen LogP contribution is -2.29. The molecule has 170 valence electrons. The number of carbonyl (C=O) groups excluding carboxylic acids is 2. The van der Waals surface area contributed by atoms with E-state index in [0.717, 1.165) is 0 Å². The van der Waals surface area contributed by atoms with Crippen LogP contribution >= 0.6 is 0 Å². The van der Waals surface area contributed by atoms with Gasteiger partial charge in [-0.25, -0.2) is 23.3 Å². The second-order valence-corrected chi connectivity index (χ2v) is 8.48. The zero-order valence-electron chi connectivity index (χ0n) is 17.1. The van der Waals surface area contributed by atoms with Gasteiger partial charge >= 0.3 is 6.09 Å². The number of anilines is 2. The summed E-state index contributed by atoms with van der Waals surface area (Å²) in [5, 5.41) is 14.5. The minimum atomic E-state index is -3.81. The van der Waals surface area contributed by atoms with Gasteiger partial charge in [0, 0.05) is 31.0 Å². The molecule has 0 radical (unpaired) electrons. The summed E-state index contributed by atoms with van der Waals surface area (Å²) in [6.07, 6.45) is 4.42. The van der Waals surface area contributed by atoms with Crippen LogP contribution in [0, 0.1) is 0 Å². The summed E-state index contributed by atoms with van der Waals surface area (Å²) in [5.74, 6) is -0.212. The molecule has 0 aliphatic carbocycles. The van der Waals surface area contributed by atoms with Crippen molar-refractivity contribution in [1.82, 2.24) is 14.9 Å². The molecule has 2 heterocycles. The highest BCUT2D eigenvalue weighted by molar-refractivity contribution is 7.89. The number of hydrogen-bond donors (Lipinski definition) is 4. The van der Waals surface area contributed by atoms with E-state index in [1.807, 2.05) is 4.57 Å². The molecule has 0 atom stereocenters. The van der Waals surface area contributed by atoms with Crippen molar-refractivity contribution in [2.24, 2.45) is 10.2 Å². The largest absolute Gasteiger partial charge is 0.412 e. The van der Waals surface area contributed by atoms with Crippen LogP contribution in [-0.2, 0) is 21.4 Å². The van der Waals surface area contributed by atoms with E-state index in [9.17, 15) is 18.0 Å². The Hall–Kier alpha value is -4.23. The van der Waals surface area contributed by atoms with Crippen LogP contribution in [0.3, 0.4) is 0 Å². The molecule has 2 amide bonds. The number of primary sulfonamides is 1. The number of nitrogens with one attached hydrogen (secondary N) is 3. The summed E-state index contributed by atoms with van der Waals surface area (Å²) in [6.45, 7) is 0.888. The summed E-state index contributed by atoms with van der Waals surface area (Å²) in [4.78, 5) is 28.3. The van der Waals surface area contributed by atoms with Crippen molar-refractivity contribution < 1.29 is 22.7 Å². The highest BCUT2D eigenvalue weighted by Gasteiger charge is 2.27. The Morgan fingerprint density at radius 2 is 2.00 bits per heavy atom. The SMILES string of the molecule is NS(=O)(=O)c1ccc(NN=C2C(=O)Nc3ccc(OC(=O)NCCn4ccnc4)cc32)cc1. The van der Waals surface area contributed by atoms with Gasteiger partial charge in [-0.1, -0.05) is 0 Å². The fraction of sp³-hybridized carbons (Fsp3) is 0.100. The summed E-state index contributed by atoms with van der Waals surface area (Å²) in [5.41, 5.74) is 4.18. The number of ether oxygens (including phenoxy) is 1. The first-order valence-corrected chi connectivity index (χ1v) is 11.2. The predicted octanol–water partition coefficient (Wildman–Crippen LogP) is 1.09. The molecule has 0 bridgehead atoms. The van der Waals surface area contributed by atoms with E-state index < -0.39 is 22.0 Å². The second kappa shape index (κ2) is 9.10. The van der Waals surface area contributed by atoms with E-state index in [1.165, 1.54) is 30.3 Å². The van der Waals surface area contributed by atoms with Gasteiger partial charge in [0.05, 0.1) is 22.6 Å². The molecule has 1 aliphatic heterocycles. The Morgan fingerprint density at radius 3 is 2.70 bits per heavy atom. The van der Waals surface area contributed by atoms with Gasteiger partial charge in [0.25, 0.3) is 5.91 Å². The predicted molar refractivity (Wildman–Crippen MR) is 119 cm³/mol. The number of fused-ring (bicyclic) bond motifs is 1. The lowest BCUT2D eigenvalue weighted by molar-refractivity contribution is -0.110. The van der Waals surface area contributed by atoms with Gasteiger partial charge in [0.2, 0.25) is 10.0 Å². The van der Waals surface area contributed by atoms with Crippen LogP contribution in [0.25, 0.3) is 0 Å². The van der Waals surface area contributed by atoms with Crippen LogP contribution in [0.5, 0.6) is 5.75 Å². The van der Waals surface area contributed by atoms with Gasteiger partial charge in [-0.2, -0.15) is 5.10 Å². The number of carbonyl (C=O) groups is 2. The van der Waals surface area contributed by atoms with E-state index in [4.69, 9.17) is 9.88 Å². The van der Waals surface area contributed by atoms with Crippen molar-refractivity contribution in [1.29, 1.82) is 0 Å². The molecule has 13 heteroatoms. The number of nitrogens with zero attached hydrogens (tertiary/aromatic N) is 3. The fourth-order valence-corrected chi connectivity index (χ4v) is 3.51. The molecule has 1 aliphatic rings. The van der Waals surface area contributed by atoms with Gasteiger partial charge in [0.1, 0.15) is 5.75 Å². The number of hydrogen-bond acceptors (Lipinski definition) is 8. The van der Waals surface area contributed by atoms with Crippen LogP contribution in [-0.4, -0.2) is 42.2 Å². The number of sulfonamides is 1.